The van der Waals surface area contributed by atoms with Crippen molar-refractivity contribution in [2.24, 2.45) is 4.99 Å². The van der Waals surface area contributed by atoms with Crippen molar-refractivity contribution in [2.75, 3.05) is 30.8 Å². The molecule has 0 amide bonds. The SMILES string of the molecule is CN1CCN(c2ccc(N)cc2)/C1=N/C#N. The molecule has 0 radical (unpaired) electrons. The topological polar surface area (TPSA) is 68.7 Å². The number of nitrogens with zero attached hydrogens (tertiary/aromatic N) is 4. The molecule has 1 fully saturated rings. The molecule has 5 nitrogen and oxygen atoms in total. The van der Waals surface area contributed by atoms with Gasteiger partial charge in [-0.3, -0.25) is 0 Å². The Hall–Kier alpha value is -2.22. The van der Waals surface area contributed by atoms with E-state index in [1.165, 1.54) is 0 Å². The summed E-state index contributed by atoms with van der Waals surface area (Å²) in [4.78, 5) is 7.79. The zero-order valence-corrected chi connectivity index (χ0v) is 9.09. The third kappa shape index (κ3) is 1.77. The van der Waals surface area contributed by atoms with Crippen LogP contribution < -0.4 is 10.6 Å². The molecule has 0 spiro atoms. The molecule has 1 aliphatic heterocycles. The Bertz CT molecular complexity index is 442. The zero-order chi connectivity index (χ0) is 11.5. The standard InChI is InChI=1S/C11H13N5/c1-15-6-7-16(11(15)14-8-12)10-4-2-9(13)3-5-10/h2-5H,6-7,13H2,1H3/b14-11+. The number of likely N-dealkylation sites (N-methyl/N-ethyl adjacent to an activating group) is 1. The lowest BCUT2D eigenvalue weighted by molar-refractivity contribution is 0.563. The van der Waals surface area contributed by atoms with Gasteiger partial charge in [0.05, 0.1) is 0 Å². The van der Waals surface area contributed by atoms with Gasteiger partial charge in [0.25, 0.3) is 0 Å². The molecule has 5 heteroatoms. The average Bonchev–Trinajstić information content (AvgIpc) is 2.63. The van der Waals surface area contributed by atoms with E-state index < -0.39 is 0 Å². The smallest absolute Gasteiger partial charge is 0.216 e. The maximum atomic E-state index is 8.64. The number of guanidine groups is 1. The number of hydrogen-bond donors (Lipinski definition) is 1. The van der Waals surface area contributed by atoms with Crippen LogP contribution in [0.5, 0.6) is 0 Å². The van der Waals surface area contributed by atoms with Gasteiger partial charge in [-0.2, -0.15) is 5.26 Å². The maximum Gasteiger partial charge on any atom is 0.216 e. The van der Waals surface area contributed by atoms with Gasteiger partial charge in [-0.1, -0.05) is 0 Å². The first kappa shape index (κ1) is 10.3. The molecule has 1 aromatic rings. The van der Waals surface area contributed by atoms with Crippen molar-refractivity contribution in [3.63, 3.8) is 0 Å². The van der Waals surface area contributed by atoms with Crippen molar-refractivity contribution in [1.29, 1.82) is 5.26 Å². The number of anilines is 2. The second-order valence-corrected chi connectivity index (χ2v) is 3.68. The van der Waals surface area contributed by atoms with Crippen LogP contribution in [-0.2, 0) is 0 Å². The number of rotatable bonds is 1. The number of aliphatic imine (C=N–C) groups is 1. The Morgan fingerprint density at radius 1 is 1.31 bits per heavy atom. The van der Waals surface area contributed by atoms with Gasteiger partial charge in [-0.25, -0.2) is 0 Å². The molecule has 1 aliphatic rings. The molecule has 0 aliphatic carbocycles. The molecule has 0 aromatic heterocycles. The van der Waals surface area contributed by atoms with Crippen molar-refractivity contribution in [1.82, 2.24) is 4.90 Å². The van der Waals surface area contributed by atoms with Crippen LogP contribution in [0.2, 0.25) is 0 Å². The first-order chi connectivity index (χ1) is 7.72. The molecular formula is C11H13N5. The molecule has 0 atom stereocenters. The summed E-state index contributed by atoms with van der Waals surface area (Å²) < 4.78 is 0. The minimum absolute atomic E-state index is 0.687. The van der Waals surface area contributed by atoms with Gasteiger partial charge in [0.2, 0.25) is 12.2 Å². The van der Waals surface area contributed by atoms with Crippen LogP contribution in [0.25, 0.3) is 0 Å². The lowest BCUT2D eigenvalue weighted by Crippen LogP contribution is -2.31. The average molecular weight is 215 g/mol. The highest BCUT2D eigenvalue weighted by atomic mass is 15.4. The molecule has 1 heterocycles. The van der Waals surface area contributed by atoms with E-state index in [0.717, 1.165) is 24.5 Å². The van der Waals surface area contributed by atoms with Crippen LogP contribution in [0.15, 0.2) is 29.3 Å². The van der Waals surface area contributed by atoms with E-state index in [0.29, 0.717) is 5.96 Å². The fourth-order valence-corrected chi connectivity index (χ4v) is 1.75. The predicted molar refractivity (Wildman–Crippen MR) is 63.9 cm³/mol. The number of nitrogens with two attached hydrogens (primary N) is 1. The van der Waals surface area contributed by atoms with E-state index in [2.05, 4.69) is 4.99 Å². The molecule has 82 valence electrons. The molecule has 2 N–H and O–H groups in total. The van der Waals surface area contributed by atoms with Gasteiger partial charge in [0.1, 0.15) is 0 Å². The fraction of sp³-hybridized carbons (Fsp3) is 0.273. The molecule has 1 aromatic carbocycles. The third-order valence-corrected chi connectivity index (χ3v) is 2.60. The minimum Gasteiger partial charge on any atom is -0.399 e. The second kappa shape index (κ2) is 4.11. The molecular weight excluding hydrogens is 202 g/mol. The van der Waals surface area contributed by atoms with Crippen LogP contribution in [0.4, 0.5) is 11.4 Å². The van der Waals surface area contributed by atoms with Gasteiger partial charge in [0.15, 0.2) is 0 Å². The Balaban J connectivity index is 2.31. The van der Waals surface area contributed by atoms with Crippen LogP contribution >= 0.6 is 0 Å². The van der Waals surface area contributed by atoms with Gasteiger partial charge in [-0.15, -0.1) is 4.99 Å². The fourth-order valence-electron chi connectivity index (χ4n) is 1.75. The third-order valence-electron chi connectivity index (χ3n) is 2.60. The monoisotopic (exact) mass is 215 g/mol. The summed E-state index contributed by atoms with van der Waals surface area (Å²) >= 11 is 0. The zero-order valence-electron chi connectivity index (χ0n) is 9.09. The van der Waals surface area contributed by atoms with Gasteiger partial charge < -0.3 is 15.5 Å². The summed E-state index contributed by atoms with van der Waals surface area (Å²) in [5, 5.41) is 8.64. The van der Waals surface area contributed by atoms with E-state index in [1.807, 2.05) is 47.3 Å². The molecule has 1 saturated heterocycles. The molecule has 2 rings (SSSR count). The van der Waals surface area contributed by atoms with Gasteiger partial charge in [-0.05, 0) is 24.3 Å². The minimum atomic E-state index is 0.687. The number of nitrogen functional groups attached to an aromatic ring is 1. The second-order valence-electron chi connectivity index (χ2n) is 3.68. The largest absolute Gasteiger partial charge is 0.399 e. The van der Waals surface area contributed by atoms with Crippen molar-refractivity contribution < 1.29 is 0 Å². The predicted octanol–water partition coefficient (Wildman–Crippen LogP) is 0.858. The Morgan fingerprint density at radius 3 is 2.62 bits per heavy atom. The summed E-state index contributed by atoms with van der Waals surface area (Å²) in [6.07, 6.45) is 1.83. The Kier molecular flexibility index (Phi) is 2.64. The van der Waals surface area contributed by atoms with E-state index >= 15 is 0 Å². The highest BCUT2D eigenvalue weighted by Gasteiger charge is 2.24. The molecule has 0 saturated carbocycles. The quantitative estimate of drug-likeness (QED) is 0.557. The van der Waals surface area contributed by atoms with E-state index in [-0.39, 0.29) is 0 Å². The van der Waals surface area contributed by atoms with Crippen molar-refractivity contribution in [3.05, 3.63) is 24.3 Å². The number of hydrogen-bond acceptors (Lipinski definition) is 3. The van der Waals surface area contributed by atoms with Crippen LogP contribution in [0.1, 0.15) is 0 Å². The number of benzene rings is 1. The van der Waals surface area contributed by atoms with E-state index in [1.54, 1.807) is 0 Å². The van der Waals surface area contributed by atoms with E-state index in [9.17, 15) is 0 Å². The molecule has 0 bridgehead atoms. The Morgan fingerprint density at radius 2 is 2.00 bits per heavy atom. The van der Waals surface area contributed by atoms with Crippen LogP contribution in [-0.4, -0.2) is 31.0 Å². The lowest BCUT2D eigenvalue weighted by atomic mass is 10.2. The van der Waals surface area contributed by atoms with Crippen molar-refractivity contribution in [2.45, 2.75) is 0 Å². The van der Waals surface area contributed by atoms with Crippen molar-refractivity contribution >= 4 is 17.3 Å². The van der Waals surface area contributed by atoms with Crippen LogP contribution in [0.3, 0.4) is 0 Å². The first-order valence-electron chi connectivity index (χ1n) is 5.03. The van der Waals surface area contributed by atoms with Crippen LogP contribution in [0, 0.1) is 11.5 Å². The van der Waals surface area contributed by atoms with Gasteiger partial charge in [0, 0.05) is 31.5 Å². The van der Waals surface area contributed by atoms with Crippen molar-refractivity contribution in [3.8, 4) is 6.19 Å². The summed E-state index contributed by atoms with van der Waals surface area (Å²) in [6.45, 7) is 1.70. The summed E-state index contributed by atoms with van der Waals surface area (Å²) in [7, 11) is 1.92. The van der Waals surface area contributed by atoms with Gasteiger partial charge >= 0.3 is 0 Å². The summed E-state index contributed by atoms with van der Waals surface area (Å²) in [5.74, 6) is 0.687. The molecule has 16 heavy (non-hydrogen) atoms. The first-order valence-corrected chi connectivity index (χ1v) is 5.03. The normalized spacial score (nSPS) is 17.9. The number of nitriles is 1. The maximum absolute atomic E-state index is 8.64. The molecule has 0 unspecified atom stereocenters. The highest BCUT2D eigenvalue weighted by molar-refractivity contribution is 5.98. The highest BCUT2D eigenvalue weighted by Crippen LogP contribution is 2.20. The summed E-state index contributed by atoms with van der Waals surface area (Å²) in [6, 6.07) is 7.55. The summed E-state index contributed by atoms with van der Waals surface area (Å²) in [5.41, 5.74) is 7.37. The Labute approximate surface area is 94.4 Å². The lowest BCUT2D eigenvalue weighted by Gasteiger charge is -2.19. The van der Waals surface area contributed by atoms with E-state index in [4.69, 9.17) is 11.0 Å².